The molecular weight excluding hydrogens is 368 g/mol. The maximum Gasteiger partial charge on any atom is 0.291 e. The molecule has 1 atom stereocenters. The summed E-state index contributed by atoms with van der Waals surface area (Å²) < 4.78 is 46.0. The van der Waals surface area contributed by atoms with E-state index in [9.17, 15) is 12.6 Å². The van der Waals surface area contributed by atoms with Crippen LogP contribution >= 0.6 is 0 Å². The Labute approximate surface area is 157 Å². The molecule has 26 heavy (non-hydrogen) atoms. The molecule has 0 bridgehead atoms. The van der Waals surface area contributed by atoms with Gasteiger partial charge in [-0.25, -0.2) is 8.93 Å². The molecular formula is C19H26N2O3S2. The van der Waals surface area contributed by atoms with Crippen LogP contribution in [-0.2, 0) is 19.9 Å². The van der Waals surface area contributed by atoms with Gasteiger partial charge in [0.1, 0.15) is 0 Å². The van der Waals surface area contributed by atoms with Gasteiger partial charge in [0.15, 0.2) is 9.92 Å². The third-order valence-electron chi connectivity index (χ3n) is 4.17. The first kappa shape index (κ1) is 20.6. The number of benzene rings is 2. The molecule has 7 heteroatoms. The molecule has 1 unspecified atom stereocenters. The molecule has 5 nitrogen and oxygen atoms in total. The fourth-order valence-corrected chi connectivity index (χ4v) is 6.30. The molecule has 142 valence electrons. The van der Waals surface area contributed by atoms with E-state index >= 15 is 0 Å². The van der Waals surface area contributed by atoms with Crippen molar-refractivity contribution in [2.24, 2.45) is 3.77 Å². The average Bonchev–Trinajstić information content (AvgIpc) is 2.60. The minimum Gasteiger partial charge on any atom is -0.228 e. The van der Waals surface area contributed by atoms with E-state index in [0.717, 1.165) is 24.0 Å². The molecule has 0 aromatic heterocycles. The Morgan fingerprint density at radius 1 is 0.808 bits per heavy atom. The van der Waals surface area contributed by atoms with E-state index < -0.39 is 19.9 Å². The topological polar surface area (TPSA) is 75.6 Å². The zero-order valence-corrected chi connectivity index (χ0v) is 17.2. The lowest BCUT2D eigenvalue weighted by molar-refractivity contribution is 0.566. The highest BCUT2D eigenvalue weighted by Crippen LogP contribution is 2.21. The molecule has 0 spiro atoms. The van der Waals surface area contributed by atoms with Gasteiger partial charge in [-0.2, -0.15) is 8.42 Å². The fraction of sp³-hybridized carbons (Fsp3) is 0.368. The van der Waals surface area contributed by atoms with Crippen molar-refractivity contribution in [3.63, 3.8) is 0 Å². The van der Waals surface area contributed by atoms with Crippen LogP contribution in [0.5, 0.6) is 0 Å². The van der Waals surface area contributed by atoms with Crippen LogP contribution < -0.4 is 4.72 Å². The summed E-state index contributed by atoms with van der Waals surface area (Å²) in [5.41, 5.74) is 1.94. The third-order valence-corrected chi connectivity index (χ3v) is 8.23. The standard InChI is InChI=1S/C19H26N2O3S2/c1-5-17(6-2)20-25(22,18-11-7-15(3)8-12-18)21-26(23,24)19-13-9-16(4)10-14-19/h7-14,17H,5-6H2,1-4H3,(H,20,21,22). The zero-order chi connectivity index (χ0) is 19.4. The van der Waals surface area contributed by atoms with Crippen molar-refractivity contribution in [1.82, 2.24) is 4.72 Å². The minimum absolute atomic E-state index is 0.0364. The number of sulfonamides is 1. The van der Waals surface area contributed by atoms with Crippen molar-refractivity contribution in [3.05, 3.63) is 59.7 Å². The second kappa shape index (κ2) is 8.33. The highest BCUT2D eigenvalue weighted by Gasteiger charge is 2.23. The van der Waals surface area contributed by atoms with Gasteiger partial charge in [0, 0.05) is 6.04 Å². The highest BCUT2D eigenvalue weighted by atomic mass is 32.3. The average molecular weight is 395 g/mol. The molecule has 0 aliphatic rings. The number of nitrogens with one attached hydrogen (secondary N) is 1. The van der Waals surface area contributed by atoms with E-state index in [0.29, 0.717) is 4.90 Å². The molecule has 0 saturated carbocycles. The van der Waals surface area contributed by atoms with E-state index in [2.05, 4.69) is 8.49 Å². The second-order valence-electron chi connectivity index (χ2n) is 6.33. The summed E-state index contributed by atoms with van der Waals surface area (Å²) in [4.78, 5) is 0.403. The summed E-state index contributed by atoms with van der Waals surface area (Å²) in [6.45, 7) is 7.72. The van der Waals surface area contributed by atoms with Gasteiger partial charge in [0.2, 0.25) is 0 Å². The summed E-state index contributed by atoms with van der Waals surface area (Å²) in [6, 6.07) is 13.2. The summed E-state index contributed by atoms with van der Waals surface area (Å²) in [5, 5.41) is 0. The molecule has 0 radical (unpaired) electrons. The number of rotatable bonds is 7. The smallest absolute Gasteiger partial charge is 0.228 e. The number of hydrogen-bond donors (Lipinski definition) is 1. The first-order valence-electron chi connectivity index (χ1n) is 8.64. The van der Waals surface area contributed by atoms with Gasteiger partial charge in [-0.05, 0) is 51.0 Å². The summed E-state index contributed by atoms with van der Waals surface area (Å²) in [7, 11) is -7.40. The predicted molar refractivity (Wildman–Crippen MR) is 106 cm³/mol. The van der Waals surface area contributed by atoms with Crippen LogP contribution in [0, 0.1) is 13.8 Å². The van der Waals surface area contributed by atoms with E-state index in [-0.39, 0.29) is 10.9 Å². The molecule has 0 fully saturated rings. The third kappa shape index (κ3) is 4.93. The highest BCUT2D eigenvalue weighted by molar-refractivity contribution is 8.02. The first-order valence-corrected chi connectivity index (χ1v) is 11.6. The lowest BCUT2D eigenvalue weighted by Crippen LogP contribution is -2.34. The Morgan fingerprint density at radius 3 is 1.65 bits per heavy atom. The number of hydrogen-bond acceptors (Lipinski definition) is 3. The van der Waals surface area contributed by atoms with E-state index in [1.807, 2.05) is 27.7 Å². The summed E-state index contributed by atoms with van der Waals surface area (Å²) in [6.07, 6.45) is 1.44. The normalized spacial score (nSPS) is 14.2. The Morgan fingerprint density at radius 2 is 1.23 bits per heavy atom. The molecule has 0 saturated heterocycles. The van der Waals surface area contributed by atoms with Crippen molar-refractivity contribution in [3.8, 4) is 0 Å². The van der Waals surface area contributed by atoms with Crippen LogP contribution in [0.25, 0.3) is 0 Å². The molecule has 0 aliphatic carbocycles. The van der Waals surface area contributed by atoms with Gasteiger partial charge < -0.3 is 0 Å². The minimum atomic E-state index is -4.07. The molecule has 0 heterocycles. The zero-order valence-electron chi connectivity index (χ0n) is 15.6. The van der Waals surface area contributed by atoms with Gasteiger partial charge in [0.25, 0.3) is 10.0 Å². The van der Waals surface area contributed by atoms with Crippen molar-refractivity contribution in [2.45, 2.75) is 56.4 Å². The molecule has 0 aliphatic heterocycles. The maximum atomic E-state index is 13.6. The van der Waals surface area contributed by atoms with E-state index in [1.54, 1.807) is 36.4 Å². The van der Waals surface area contributed by atoms with Crippen LogP contribution in [0.4, 0.5) is 0 Å². The predicted octanol–water partition coefficient (Wildman–Crippen LogP) is 4.21. The molecule has 0 amide bonds. The van der Waals surface area contributed by atoms with Gasteiger partial charge in [-0.1, -0.05) is 53.0 Å². The molecule has 2 aromatic rings. The van der Waals surface area contributed by atoms with Crippen molar-refractivity contribution < 1.29 is 12.6 Å². The molecule has 2 aromatic carbocycles. The van der Waals surface area contributed by atoms with E-state index in [1.165, 1.54) is 12.1 Å². The van der Waals surface area contributed by atoms with Crippen LogP contribution in [0.15, 0.2) is 62.1 Å². The van der Waals surface area contributed by atoms with Gasteiger partial charge in [-0.15, -0.1) is 0 Å². The number of aryl methyl sites for hydroxylation is 2. The summed E-state index contributed by atoms with van der Waals surface area (Å²) >= 11 is 0. The first-order chi connectivity index (χ1) is 12.2. The largest absolute Gasteiger partial charge is 0.291 e. The van der Waals surface area contributed by atoms with Gasteiger partial charge >= 0.3 is 0 Å². The van der Waals surface area contributed by atoms with Gasteiger partial charge in [0.05, 0.1) is 9.79 Å². The van der Waals surface area contributed by atoms with Crippen LogP contribution in [0.3, 0.4) is 0 Å². The van der Waals surface area contributed by atoms with Crippen LogP contribution in [0.2, 0.25) is 0 Å². The van der Waals surface area contributed by atoms with Crippen molar-refractivity contribution in [1.29, 1.82) is 0 Å². The van der Waals surface area contributed by atoms with Crippen LogP contribution in [0.1, 0.15) is 37.8 Å². The van der Waals surface area contributed by atoms with Crippen LogP contribution in [-0.4, -0.2) is 18.7 Å². The van der Waals surface area contributed by atoms with Gasteiger partial charge in [-0.3, -0.25) is 0 Å². The Kier molecular flexibility index (Phi) is 6.60. The van der Waals surface area contributed by atoms with Crippen molar-refractivity contribution >= 4 is 19.9 Å². The molecule has 1 N–H and O–H groups in total. The quantitative estimate of drug-likeness (QED) is 0.764. The monoisotopic (exact) mass is 394 g/mol. The summed E-state index contributed by atoms with van der Waals surface area (Å²) in [5.74, 6) is 0. The second-order valence-corrected chi connectivity index (χ2v) is 10.1. The van der Waals surface area contributed by atoms with E-state index in [4.69, 9.17) is 0 Å². The fourth-order valence-electron chi connectivity index (χ4n) is 2.43. The molecule has 2 rings (SSSR count). The Balaban J connectivity index is 2.62. The number of nitrogens with zero attached hydrogens (tertiary/aromatic N) is 1. The van der Waals surface area contributed by atoms with Crippen molar-refractivity contribution in [2.75, 3.05) is 0 Å². The lowest BCUT2D eigenvalue weighted by atomic mass is 10.2. The Hall–Kier alpha value is -1.70. The maximum absolute atomic E-state index is 13.6. The Bertz CT molecular complexity index is 953. The SMILES string of the molecule is CCC(CC)NS(=O)(=NS(=O)(=O)c1ccc(C)cc1)c1ccc(C)cc1. The lowest BCUT2D eigenvalue weighted by Gasteiger charge is -2.19.